The molecular formula is C20H24N2O4S. The van der Waals surface area contributed by atoms with Crippen LogP contribution in [0.3, 0.4) is 0 Å². The lowest BCUT2D eigenvalue weighted by Gasteiger charge is -2.34. The van der Waals surface area contributed by atoms with E-state index >= 15 is 0 Å². The fourth-order valence-electron chi connectivity index (χ4n) is 3.12. The van der Waals surface area contributed by atoms with Gasteiger partial charge in [-0.25, -0.2) is 0 Å². The highest BCUT2D eigenvalue weighted by Gasteiger charge is 2.26. The highest BCUT2D eigenvalue weighted by Crippen LogP contribution is 2.14. The molecule has 0 aliphatic carbocycles. The predicted octanol–water partition coefficient (Wildman–Crippen LogP) is 2.13. The molecular weight excluding hydrogens is 364 g/mol. The Morgan fingerprint density at radius 3 is 2.44 bits per heavy atom. The van der Waals surface area contributed by atoms with Gasteiger partial charge in [0.25, 0.3) is 5.91 Å². The number of hydrogen-bond acceptors (Lipinski definition) is 4. The molecule has 1 saturated heterocycles. The zero-order valence-corrected chi connectivity index (χ0v) is 16.5. The van der Waals surface area contributed by atoms with Crippen LogP contribution in [0.15, 0.2) is 41.0 Å². The van der Waals surface area contributed by atoms with E-state index in [1.165, 1.54) is 6.26 Å². The Morgan fingerprint density at radius 2 is 1.78 bits per heavy atom. The van der Waals surface area contributed by atoms with Gasteiger partial charge in [0.05, 0.1) is 6.26 Å². The Balaban J connectivity index is 1.50. The number of piperazine rings is 1. The fraction of sp³-hybridized carbons (Fsp3) is 0.400. The van der Waals surface area contributed by atoms with Crippen LogP contribution in [0.2, 0.25) is 0 Å². The van der Waals surface area contributed by atoms with Crippen molar-refractivity contribution in [3.63, 3.8) is 0 Å². The Labute approximate surface area is 161 Å². The van der Waals surface area contributed by atoms with E-state index in [1.807, 2.05) is 32.0 Å². The third-order valence-electron chi connectivity index (χ3n) is 4.76. The summed E-state index contributed by atoms with van der Waals surface area (Å²) in [6.45, 7) is 5.80. The molecule has 1 aliphatic rings. The molecule has 0 bridgehead atoms. The van der Waals surface area contributed by atoms with Crippen molar-refractivity contribution in [3.8, 4) is 0 Å². The first-order valence-corrected chi connectivity index (χ1v) is 10.4. The zero-order valence-electron chi connectivity index (χ0n) is 15.6. The number of rotatable bonds is 5. The van der Waals surface area contributed by atoms with Gasteiger partial charge < -0.3 is 14.2 Å². The van der Waals surface area contributed by atoms with Crippen molar-refractivity contribution in [2.24, 2.45) is 0 Å². The van der Waals surface area contributed by atoms with Gasteiger partial charge in [0.1, 0.15) is 5.75 Å². The van der Waals surface area contributed by atoms with Crippen molar-refractivity contribution < 1.29 is 18.2 Å². The lowest BCUT2D eigenvalue weighted by molar-refractivity contribution is -0.129. The van der Waals surface area contributed by atoms with E-state index in [0.29, 0.717) is 37.7 Å². The summed E-state index contributed by atoms with van der Waals surface area (Å²) in [6, 6.07) is 9.38. The molecule has 27 heavy (non-hydrogen) atoms. The van der Waals surface area contributed by atoms with Gasteiger partial charge in [-0.05, 0) is 37.1 Å². The fourth-order valence-corrected chi connectivity index (χ4v) is 4.34. The van der Waals surface area contributed by atoms with Crippen LogP contribution in [0.1, 0.15) is 27.2 Å². The lowest BCUT2D eigenvalue weighted by Crippen LogP contribution is -2.51. The summed E-state index contributed by atoms with van der Waals surface area (Å²) in [5.74, 6) is 0.425. The summed E-state index contributed by atoms with van der Waals surface area (Å²) in [4.78, 5) is 28.1. The molecule has 1 atom stereocenters. The second-order valence-corrected chi connectivity index (χ2v) is 8.27. The first kappa shape index (κ1) is 19.4. The SMILES string of the molecule is Cc1ccc(C)c(C[S@@](=O)CC(=O)N2CCN(C(=O)c3ccco3)CC2)c1. The zero-order chi connectivity index (χ0) is 19.4. The Bertz CT molecular complexity index is 840. The molecule has 1 aliphatic heterocycles. The number of aryl methyl sites for hydroxylation is 2. The maximum Gasteiger partial charge on any atom is 0.289 e. The number of carbonyl (C=O) groups is 2. The second-order valence-electron chi connectivity index (χ2n) is 6.81. The predicted molar refractivity (Wildman–Crippen MR) is 104 cm³/mol. The number of benzene rings is 1. The summed E-state index contributed by atoms with van der Waals surface area (Å²) in [5.41, 5.74) is 3.23. The third kappa shape index (κ3) is 4.86. The Hall–Kier alpha value is -2.41. The largest absolute Gasteiger partial charge is 0.459 e. The van der Waals surface area contributed by atoms with Crippen molar-refractivity contribution in [1.29, 1.82) is 0 Å². The van der Waals surface area contributed by atoms with Crippen molar-refractivity contribution in [2.45, 2.75) is 19.6 Å². The van der Waals surface area contributed by atoms with Crippen molar-refractivity contribution in [1.82, 2.24) is 9.80 Å². The van der Waals surface area contributed by atoms with Crippen LogP contribution in [-0.4, -0.2) is 57.8 Å². The lowest BCUT2D eigenvalue weighted by atomic mass is 10.1. The molecule has 6 nitrogen and oxygen atoms in total. The van der Waals surface area contributed by atoms with E-state index in [9.17, 15) is 13.8 Å². The smallest absolute Gasteiger partial charge is 0.289 e. The normalized spacial score (nSPS) is 15.6. The van der Waals surface area contributed by atoms with E-state index in [1.54, 1.807) is 21.9 Å². The van der Waals surface area contributed by atoms with Gasteiger partial charge in [-0.2, -0.15) is 0 Å². The average Bonchev–Trinajstić information content (AvgIpc) is 3.19. The second kappa shape index (κ2) is 8.52. The molecule has 0 radical (unpaired) electrons. The van der Waals surface area contributed by atoms with E-state index in [0.717, 1.165) is 16.7 Å². The Morgan fingerprint density at radius 1 is 1.07 bits per heavy atom. The van der Waals surface area contributed by atoms with E-state index < -0.39 is 10.8 Å². The first-order chi connectivity index (χ1) is 12.9. The first-order valence-electron chi connectivity index (χ1n) is 8.95. The molecule has 144 valence electrons. The van der Waals surface area contributed by atoms with Gasteiger partial charge in [0, 0.05) is 42.7 Å². The summed E-state index contributed by atoms with van der Waals surface area (Å²) in [5, 5.41) is 0. The van der Waals surface area contributed by atoms with Crippen molar-refractivity contribution in [2.75, 3.05) is 31.9 Å². The highest BCUT2D eigenvalue weighted by molar-refractivity contribution is 7.84. The quantitative estimate of drug-likeness (QED) is 0.787. The van der Waals surface area contributed by atoms with Gasteiger partial charge in [0.15, 0.2) is 5.76 Å². The monoisotopic (exact) mass is 388 g/mol. The van der Waals surface area contributed by atoms with Crippen LogP contribution >= 0.6 is 0 Å². The molecule has 7 heteroatoms. The summed E-state index contributed by atoms with van der Waals surface area (Å²) < 4.78 is 17.6. The highest BCUT2D eigenvalue weighted by atomic mass is 32.2. The van der Waals surface area contributed by atoms with Gasteiger partial charge in [-0.1, -0.05) is 23.8 Å². The maximum absolute atomic E-state index is 12.5. The van der Waals surface area contributed by atoms with Crippen LogP contribution in [0.4, 0.5) is 0 Å². The molecule has 0 N–H and O–H groups in total. The van der Waals surface area contributed by atoms with Crippen LogP contribution in [0.5, 0.6) is 0 Å². The topological polar surface area (TPSA) is 70.8 Å². The number of amides is 2. The molecule has 2 aromatic rings. The van der Waals surface area contributed by atoms with Crippen molar-refractivity contribution >= 4 is 22.6 Å². The third-order valence-corrected chi connectivity index (χ3v) is 5.96. The number of nitrogens with zero attached hydrogens (tertiary/aromatic N) is 2. The minimum atomic E-state index is -1.25. The molecule has 1 aromatic heterocycles. The molecule has 0 saturated carbocycles. The molecule has 2 heterocycles. The van der Waals surface area contributed by atoms with Gasteiger partial charge >= 0.3 is 0 Å². The molecule has 0 spiro atoms. The van der Waals surface area contributed by atoms with Gasteiger partial charge in [-0.3, -0.25) is 13.8 Å². The molecule has 0 unspecified atom stereocenters. The summed E-state index contributed by atoms with van der Waals surface area (Å²) in [6.07, 6.45) is 1.47. The van der Waals surface area contributed by atoms with Crippen LogP contribution in [0.25, 0.3) is 0 Å². The van der Waals surface area contributed by atoms with Crippen LogP contribution < -0.4 is 0 Å². The molecule has 1 fully saturated rings. The standard InChI is InChI=1S/C20H24N2O4S/c1-15-5-6-16(2)17(12-15)13-27(25)14-19(23)21-7-9-22(10-8-21)20(24)18-4-3-11-26-18/h3-6,11-12H,7-10,13-14H2,1-2H3/t27-/m1/s1. The summed E-state index contributed by atoms with van der Waals surface area (Å²) in [7, 11) is -1.25. The summed E-state index contributed by atoms with van der Waals surface area (Å²) >= 11 is 0. The van der Waals surface area contributed by atoms with Gasteiger partial charge in [0.2, 0.25) is 5.91 Å². The number of hydrogen-bond donors (Lipinski definition) is 0. The minimum absolute atomic E-state index is 0.0134. The van der Waals surface area contributed by atoms with Crippen LogP contribution in [0, 0.1) is 13.8 Å². The van der Waals surface area contributed by atoms with Gasteiger partial charge in [-0.15, -0.1) is 0 Å². The minimum Gasteiger partial charge on any atom is -0.459 e. The average molecular weight is 388 g/mol. The number of carbonyl (C=O) groups excluding carboxylic acids is 2. The van der Waals surface area contributed by atoms with E-state index in [-0.39, 0.29) is 17.6 Å². The molecule has 1 aromatic carbocycles. The maximum atomic E-state index is 12.5. The molecule has 3 rings (SSSR count). The van der Waals surface area contributed by atoms with Crippen molar-refractivity contribution in [3.05, 3.63) is 59.0 Å². The van der Waals surface area contributed by atoms with E-state index in [4.69, 9.17) is 4.42 Å². The molecule has 2 amide bonds. The van der Waals surface area contributed by atoms with E-state index in [2.05, 4.69) is 0 Å². The van der Waals surface area contributed by atoms with Crippen LogP contribution in [-0.2, 0) is 21.3 Å². The number of furan rings is 1. The Kier molecular flexibility index (Phi) is 6.11.